The van der Waals surface area contributed by atoms with Gasteiger partial charge in [0.2, 0.25) is 0 Å². The lowest BCUT2D eigenvalue weighted by Gasteiger charge is -2.13. The van der Waals surface area contributed by atoms with Gasteiger partial charge >= 0.3 is 0 Å². The first kappa shape index (κ1) is 22.7. The maximum Gasteiger partial charge on any atom is 0.271 e. The van der Waals surface area contributed by atoms with Crippen molar-refractivity contribution in [2.75, 3.05) is 7.11 Å². The number of methoxy groups -OCH3 is 1. The Morgan fingerprint density at radius 3 is 2.66 bits per heavy atom. The molecule has 0 saturated heterocycles. The van der Waals surface area contributed by atoms with Crippen molar-refractivity contribution in [3.8, 4) is 11.5 Å². The van der Waals surface area contributed by atoms with Gasteiger partial charge in [-0.1, -0.05) is 29.8 Å². The lowest BCUT2D eigenvalue weighted by Crippen LogP contribution is -2.17. The number of nitro groups is 1. The first-order valence-corrected chi connectivity index (χ1v) is 9.58. The van der Waals surface area contributed by atoms with Gasteiger partial charge in [-0.05, 0) is 41.5 Å². The normalized spacial score (nSPS) is 10.7. The standard InChI is InChI=1S/C22H17ClFN3O5/c1-31-20-10-15(9-19(23)21(20)32-13-14-5-7-17(24)8-6-14)12-25-26-22(28)16-3-2-4-18(11-16)27(29)30/h2-12H,13H2,1H3,(H,26,28)/b25-12-. The zero-order chi connectivity index (χ0) is 23.1. The van der Waals surface area contributed by atoms with E-state index in [4.69, 9.17) is 21.1 Å². The summed E-state index contributed by atoms with van der Waals surface area (Å²) in [5.74, 6) is -0.310. The Kier molecular flexibility index (Phi) is 7.35. The molecule has 8 nitrogen and oxygen atoms in total. The Morgan fingerprint density at radius 1 is 1.22 bits per heavy atom. The smallest absolute Gasteiger partial charge is 0.271 e. The van der Waals surface area contributed by atoms with Gasteiger partial charge in [-0.15, -0.1) is 0 Å². The molecule has 0 atom stereocenters. The van der Waals surface area contributed by atoms with Crippen molar-refractivity contribution < 1.29 is 23.6 Å². The summed E-state index contributed by atoms with van der Waals surface area (Å²) in [5.41, 5.74) is 3.46. The number of halogens is 2. The van der Waals surface area contributed by atoms with E-state index in [1.807, 2.05) is 0 Å². The average Bonchev–Trinajstić information content (AvgIpc) is 2.79. The molecule has 0 aliphatic carbocycles. The summed E-state index contributed by atoms with van der Waals surface area (Å²) < 4.78 is 24.1. The van der Waals surface area contributed by atoms with Gasteiger partial charge in [-0.3, -0.25) is 14.9 Å². The number of carbonyl (C=O) groups is 1. The fourth-order valence-electron chi connectivity index (χ4n) is 2.68. The van der Waals surface area contributed by atoms with Gasteiger partial charge in [-0.2, -0.15) is 5.10 Å². The van der Waals surface area contributed by atoms with Gasteiger partial charge in [0.1, 0.15) is 12.4 Å². The van der Waals surface area contributed by atoms with Crippen LogP contribution in [0, 0.1) is 15.9 Å². The van der Waals surface area contributed by atoms with Crippen LogP contribution >= 0.6 is 11.6 Å². The summed E-state index contributed by atoms with van der Waals surface area (Å²) in [6.45, 7) is 0.156. The zero-order valence-corrected chi connectivity index (χ0v) is 17.5. The summed E-state index contributed by atoms with van der Waals surface area (Å²) in [7, 11) is 1.45. The lowest BCUT2D eigenvalue weighted by molar-refractivity contribution is -0.384. The van der Waals surface area contributed by atoms with E-state index in [9.17, 15) is 19.3 Å². The molecule has 0 unspecified atom stereocenters. The summed E-state index contributed by atoms with van der Waals surface area (Å²) in [6.07, 6.45) is 1.34. The second-order valence-electron chi connectivity index (χ2n) is 6.46. The van der Waals surface area contributed by atoms with Crippen LogP contribution in [0.25, 0.3) is 0 Å². The number of carbonyl (C=O) groups excluding carboxylic acids is 1. The van der Waals surface area contributed by atoms with Crippen LogP contribution in [0.1, 0.15) is 21.5 Å². The Balaban J connectivity index is 1.69. The molecule has 3 aromatic rings. The van der Waals surface area contributed by atoms with Crippen LogP contribution in [-0.2, 0) is 6.61 Å². The Morgan fingerprint density at radius 2 is 1.97 bits per heavy atom. The number of benzene rings is 3. The number of rotatable bonds is 8. The number of ether oxygens (including phenoxy) is 2. The van der Waals surface area contributed by atoms with Gasteiger partial charge in [0.15, 0.2) is 11.5 Å². The highest BCUT2D eigenvalue weighted by Crippen LogP contribution is 2.36. The number of hydrogen-bond donors (Lipinski definition) is 1. The molecule has 0 bridgehead atoms. The van der Waals surface area contributed by atoms with Crippen LogP contribution < -0.4 is 14.9 Å². The molecular weight excluding hydrogens is 441 g/mol. The van der Waals surface area contributed by atoms with E-state index in [0.29, 0.717) is 17.1 Å². The molecule has 0 radical (unpaired) electrons. The highest BCUT2D eigenvalue weighted by Gasteiger charge is 2.13. The van der Waals surface area contributed by atoms with Gasteiger partial charge in [0.05, 0.1) is 23.3 Å². The van der Waals surface area contributed by atoms with E-state index in [0.717, 1.165) is 11.6 Å². The SMILES string of the molecule is COc1cc(/C=N\NC(=O)c2cccc([N+](=O)[O-])c2)cc(Cl)c1OCc1ccc(F)cc1. The number of hydrazone groups is 1. The third kappa shape index (κ3) is 5.79. The number of non-ortho nitro benzene ring substituents is 1. The molecule has 0 saturated carbocycles. The third-order valence-electron chi connectivity index (χ3n) is 4.25. The number of hydrogen-bond acceptors (Lipinski definition) is 6. The minimum atomic E-state index is -0.609. The lowest BCUT2D eigenvalue weighted by atomic mass is 10.2. The Labute approximate surface area is 187 Å². The van der Waals surface area contributed by atoms with E-state index in [1.54, 1.807) is 24.3 Å². The van der Waals surface area contributed by atoms with Crippen molar-refractivity contribution in [3.63, 3.8) is 0 Å². The van der Waals surface area contributed by atoms with Gasteiger partial charge in [0, 0.05) is 17.7 Å². The molecule has 3 aromatic carbocycles. The quantitative estimate of drug-likeness (QED) is 0.299. The van der Waals surface area contributed by atoms with Crippen LogP contribution in [0.3, 0.4) is 0 Å². The van der Waals surface area contributed by atoms with Crippen LogP contribution in [0.15, 0.2) is 65.8 Å². The largest absolute Gasteiger partial charge is 0.493 e. The van der Waals surface area contributed by atoms with E-state index >= 15 is 0 Å². The summed E-state index contributed by atoms with van der Waals surface area (Å²) in [5, 5.41) is 14.9. The molecule has 1 amide bonds. The average molecular weight is 458 g/mol. The van der Waals surface area contributed by atoms with Crippen molar-refractivity contribution in [1.29, 1.82) is 0 Å². The molecule has 0 heterocycles. The first-order valence-electron chi connectivity index (χ1n) is 9.20. The van der Waals surface area contributed by atoms with Crippen molar-refractivity contribution >= 4 is 29.4 Å². The predicted octanol–water partition coefficient (Wildman–Crippen LogP) is 4.74. The second-order valence-corrected chi connectivity index (χ2v) is 6.86. The predicted molar refractivity (Wildman–Crippen MR) is 117 cm³/mol. The third-order valence-corrected chi connectivity index (χ3v) is 4.53. The maximum atomic E-state index is 13.0. The molecule has 0 aromatic heterocycles. The minimum Gasteiger partial charge on any atom is -0.493 e. The van der Waals surface area contributed by atoms with Gasteiger partial charge < -0.3 is 9.47 Å². The fraction of sp³-hybridized carbons (Fsp3) is 0.0909. The van der Waals surface area contributed by atoms with E-state index < -0.39 is 10.8 Å². The molecule has 10 heteroatoms. The maximum absolute atomic E-state index is 13.0. The minimum absolute atomic E-state index is 0.0940. The zero-order valence-electron chi connectivity index (χ0n) is 16.7. The number of nitrogens with one attached hydrogen (secondary N) is 1. The summed E-state index contributed by atoms with van der Waals surface area (Å²) in [4.78, 5) is 22.4. The van der Waals surface area contributed by atoms with Gasteiger partial charge in [0.25, 0.3) is 11.6 Å². The summed E-state index contributed by atoms with van der Waals surface area (Å²) in [6, 6.07) is 14.3. The van der Waals surface area contributed by atoms with Crippen molar-refractivity contribution in [3.05, 3.63) is 98.3 Å². The van der Waals surface area contributed by atoms with E-state index in [-0.39, 0.29) is 28.7 Å². The highest BCUT2D eigenvalue weighted by molar-refractivity contribution is 6.32. The van der Waals surface area contributed by atoms with Crippen LogP contribution in [0.5, 0.6) is 11.5 Å². The molecular formula is C22H17ClFN3O5. The molecule has 1 N–H and O–H groups in total. The number of nitrogens with zero attached hydrogens (tertiary/aromatic N) is 2. The monoisotopic (exact) mass is 457 g/mol. The van der Waals surface area contributed by atoms with Crippen LogP contribution in [0.4, 0.5) is 10.1 Å². The topological polar surface area (TPSA) is 103 Å². The van der Waals surface area contributed by atoms with E-state index in [2.05, 4.69) is 10.5 Å². The van der Waals surface area contributed by atoms with Gasteiger partial charge in [-0.25, -0.2) is 9.82 Å². The molecule has 0 aliphatic rings. The first-order chi connectivity index (χ1) is 15.4. The fourth-order valence-corrected chi connectivity index (χ4v) is 2.95. The van der Waals surface area contributed by atoms with Crippen molar-refractivity contribution in [2.24, 2.45) is 5.10 Å². The molecule has 32 heavy (non-hydrogen) atoms. The van der Waals surface area contributed by atoms with Crippen LogP contribution in [-0.4, -0.2) is 24.2 Å². The van der Waals surface area contributed by atoms with E-state index in [1.165, 1.54) is 43.7 Å². The Bertz CT molecular complexity index is 1170. The second kappa shape index (κ2) is 10.4. The van der Waals surface area contributed by atoms with Crippen molar-refractivity contribution in [2.45, 2.75) is 6.61 Å². The summed E-state index contributed by atoms with van der Waals surface area (Å²) >= 11 is 6.31. The molecule has 0 aliphatic heterocycles. The van der Waals surface area contributed by atoms with Crippen LogP contribution in [0.2, 0.25) is 5.02 Å². The molecule has 0 fully saturated rings. The molecule has 0 spiro atoms. The highest BCUT2D eigenvalue weighted by atomic mass is 35.5. The number of nitro benzene ring substituents is 1. The Hall–Kier alpha value is -3.98. The number of amides is 1. The molecule has 164 valence electrons. The molecule has 3 rings (SSSR count). The van der Waals surface area contributed by atoms with Crippen molar-refractivity contribution in [1.82, 2.24) is 5.43 Å².